The topological polar surface area (TPSA) is 60.4 Å². The summed E-state index contributed by atoms with van der Waals surface area (Å²) in [6.07, 6.45) is 7.48. The summed E-state index contributed by atoms with van der Waals surface area (Å²) >= 11 is 6.85. The van der Waals surface area contributed by atoms with Gasteiger partial charge in [0.15, 0.2) is 17.2 Å². The fraction of sp³-hybridized carbons (Fsp3) is 0.783. The van der Waals surface area contributed by atoms with Gasteiger partial charge in [-0.2, -0.15) is 0 Å². The summed E-state index contributed by atoms with van der Waals surface area (Å²) in [5.41, 5.74) is -0.251. The van der Waals surface area contributed by atoms with Crippen molar-refractivity contribution in [2.24, 2.45) is 28.6 Å². The molecule has 0 N–H and O–H groups in total. The number of hydrogen-bond donors (Lipinski definition) is 0. The van der Waals surface area contributed by atoms with Crippen molar-refractivity contribution in [3.05, 3.63) is 11.6 Å². The van der Waals surface area contributed by atoms with Crippen LogP contribution in [0.25, 0.3) is 0 Å². The van der Waals surface area contributed by atoms with Crippen LogP contribution in [-0.2, 0) is 19.1 Å². The molecular weight excluding hydrogens is 376 g/mol. The van der Waals surface area contributed by atoms with Crippen molar-refractivity contribution < 1.29 is 19.1 Å². The second kappa shape index (κ2) is 6.42. The number of Topliss-reactive ketones (excluding diaryl/α,β-unsaturated/α-hetero) is 1. The minimum Gasteiger partial charge on any atom is -0.451 e. The highest BCUT2D eigenvalue weighted by molar-refractivity contribution is 6.23. The van der Waals surface area contributed by atoms with Crippen LogP contribution in [0.1, 0.15) is 72.6 Å². The molecule has 0 heterocycles. The zero-order chi connectivity index (χ0) is 20.5. The van der Waals surface area contributed by atoms with Crippen molar-refractivity contribution in [3.8, 4) is 0 Å². The van der Waals surface area contributed by atoms with E-state index in [0.717, 1.165) is 37.7 Å². The van der Waals surface area contributed by atoms with Crippen LogP contribution in [0.2, 0.25) is 0 Å². The summed E-state index contributed by atoms with van der Waals surface area (Å²) in [5, 5.41) is -0.126. The number of rotatable bonds is 2. The van der Waals surface area contributed by atoms with Crippen LogP contribution in [-0.4, -0.2) is 28.5 Å². The molecule has 0 aromatic heterocycles. The largest absolute Gasteiger partial charge is 0.451 e. The monoisotopic (exact) mass is 406 g/mol. The molecule has 0 aliphatic heterocycles. The van der Waals surface area contributed by atoms with E-state index in [1.54, 1.807) is 6.92 Å². The Morgan fingerprint density at radius 2 is 1.79 bits per heavy atom. The molecule has 4 nitrogen and oxygen atoms in total. The van der Waals surface area contributed by atoms with Crippen molar-refractivity contribution in [2.75, 3.05) is 0 Å². The van der Waals surface area contributed by atoms with Crippen molar-refractivity contribution in [3.63, 3.8) is 0 Å². The van der Waals surface area contributed by atoms with Crippen LogP contribution in [0, 0.1) is 28.6 Å². The van der Waals surface area contributed by atoms with E-state index in [2.05, 4.69) is 13.8 Å². The molecule has 5 heteroatoms. The summed E-state index contributed by atoms with van der Waals surface area (Å²) in [6.45, 7) is 7.42. The molecule has 154 valence electrons. The standard InChI is InChI=1S/C23H31ClO4/c1-13(25)23(28-14(2)26)10-7-18-16-12-20(24)19-11-15(27)5-8-21(19,3)17(16)6-9-22(18,23)4/h11,16-18,20H,5-10,12H2,1-4H3/t16-,17+,18-,20+,21-,22-,23-/m0/s1. The summed E-state index contributed by atoms with van der Waals surface area (Å²) < 4.78 is 5.81. The highest BCUT2D eigenvalue weighted by atomic mass is 35.5. The zero-order valence-corrected chi connectivity index (χ0v) is 18.1. The van der Waals surface area contributed by atoms with Gasteiger partial charge >= 0.3 is 5.97 Å². The first-order valence-electron chi connectivity index (χ1n) is 10.6. The van der Waals surface area contributed by atoms with Gasteiger partial charge in [0.1, 0.15) is 0 Å². The Balaban J connectivity index is 1.73. The second-order valence-electron chi connectivity index (χ2n) is 10.0. The third-order valence-electron chi connectivity index (χ3n) is 8.94. The van der Waals surface area contributed by atoms with Crippen LogP contribution < -0.4 is 0 Å². The molecule has 0 unspecified atom stereocenters. The number of ether oxygens (including phenoxy) is 1. The molecule has 0 aromatic carbocycles. The molecule has 7 atom stereocenters. The van der Waals surface area contributed by atoms with E-state index in [4.69, 9.17) is 16.3 Å². The van der Waals surface area contributed by atoms with Gasteiger partial charge in [-0.1, -0.05) is 13.8 Å². The van der Waals surface area contributed by atoms with Gasteiger partial charge in [-0.25, -0.2) is 0 Å². The Labute approximate surface area is 172 Å². The average molecular weight is 407 g/mol. The molecule has 28 heavy (non-hydrogen) atoms. The summed E-state index contributed by atoms with van der Waals surface area (Å²) in [6, 6.07) is 0. The van der Waals surface area contributed by atoms with E-state index in [9.17, 15) is 14.4 Å². The molecule has 0 radical (unpaired) electrons. The van der Waals surface area contributed by atoms with E-state index in [1.807, 2.05) is 6.08 Å². The molecule has 0 bridgehead atoms. The van der Waals surface area contributed by atoms with Crippen LogP contribution in [0.5, 0.6) is 0 Å². The molecule has 0 saturated heterocycles. The Morgan fingerprint density at radius 3 is 2.43 bits per heavy atom. The summed E-state index contributed by atoms with van der Waals surface area (Å²) in [4.78, 5) is 36.7. The molecular formula is C23H31ClO4. The summed E-state index contributed by atoms with van der Waals surface area (Å²) in [7, 11) is 0. The molecule has 3 saturated carbocycles. The van der Waals surface area contributed by atoms with Gasteiger partial charge in [0.05, 0.1) is 5.38 Å². The first-order valence-corrected chi connectivity index (χ1v) is 11.1. The lowest BCUT2D eigenvalue weighted by Gasteiger charge is -2.60. The molecule has 0 amide bonds. The number of fused-ring (bicyclic) bond motifs is 5. The average Bonchev–Trinajstić information content (AvgIpc) is 2.90. The number of carbonyl (C=O) groups is 3. The van der Waals surface area contributed by atoms with E-state index < -0.39 is 5.60 Å². The van der Waals surface area contributed by atoms with Crippen LogP contribution in [0.4, 0.5) is 0 Å². The molecule has 3 fully saturated rings. The van der Waals surface area contributed by atoms with Gasteiger partial charge in [-0.15, -0.1) is 11.6 Å². The lowest BCUT2D eigenvalue weighted by atomic mass is 9.46. The van der Waals surface area contributed by atoms with Crippen molar-refractivity contribution in [1.82, 2.24) is 0 Å². The Bertz CT molecular complexity index is 773. The van der Waals surface area contributed by atoms with Crippen LogP contribution in [0.3, 0.4) is 0 Å². The lowest BCUT2D eigenvalue weighted by Crippen LogP contribution is -2.59. The minimum atomic E-state index is -1.00. The molecule has 0 spiro atoms. The van der Waals surface area contributed by atoms with E-state index in [-0.39, 0.29) is 33.7 Å². The number of hydrogen-bond acceptors (Lipinski definition) is 4. The number of ketones is 2. The maximum absolute atomic E-state index is 12.8. The number of allylic oxidation sites excluding steroid dienone is 1. The van der Waals surface area contributed by atoms with Crippen LogP contribution in [0.15, 0.2) is 11.6 Å². The Morgan fingerprint density at radius 1 is 1.11 bits per heavy atom. The molecule has 0 aromatic rings. The zero-order valence-electron chi connectivity index (χ0n) is 17.3. The first-order chi connectivity index (χ1) is 13.0. The van der Waals surface area contributed by atoms with Gasteiger partial charge in [0.25, 0.3) is 0 Å². The van der Waals surface area contributed by atoms with Crippen molar-refractivity contribution >= 4 is 29.1 Å². The smallest absolute Gasteiger partial charge is 0.303 e. The van der Waals surface area contributed by atoms with Crippen LogP contribution >= 0.6 is 11.6 Å². The van der Waals surface area contributed by atoms with Crippen molar-refractivity contribution in [2.45, 2.75) is 83.6 Å². The van der Waals surface area contributed by atoms with E-state index >= 15 is 0 Å². The maximum Gasteiger partial charge on any atom is 0.303 e. The normalized spacial score (nSPS) is 47.5. The predicted octanol–water partition coefficient (Wildman–Crippen LogP) is 4.63. The third-order valence-corrected chi connectivity index (χ3v) is 9.36. The second-order valence-corrected chi connectivity index (χ2v) is 10.6. The Hall–Kier alpha value is -1.16. The fourth-order valence-corrected chi connectivity index (χ4v) is 8.14. The lowest BCUT2D eigenvalue weighted by molar-refractivity contribution is -0.187. The fourth-order valence-electron chi connectivity index (χ4n) is 7.62. The minimum absolute atomic E-state index is 0.0283. The predicted molar refractivity (Wildman–Crippen MR) is 107 cm³/mol. The third kappa shape index (κ3) is 2.52. The SMILES string of the molecule is CC(=O)O[C@]1(C(C)=O)CC[C@H]2[C@H]3C[C@@H](Cl)C4=CC(=O)CC[C@@]4(C)[C@@H]3CC[C@@]21C. The molecule has 4 rings (SSSR count). The molecule has 4 aliphatic carbocycles. The maximum atomic E-state index is 12.8. The highest BCUT2D eigenvalue weighted by Gasteiger charge is 2.68. The van der Waals surface area contributed by atoms with E-state index in [1.165, 1.54) is 6.92 Å². The molecule has 4 aliphatic rings. The first kappa shape index (κ1) is 20.1. The number of carbonyl (C=O) groups excluding carboxylic acids is 3. The van der Waals surface area contributed by atoms with Gasteiger partial charge in [-0.05, 0) is 80.3 Å². The highest BCUT2D eigenvalue weighted by Crippen LogP contribution is 2.68. The quantitative estimate of drug-likeness (QED) is 0.495. The van der Waals surface area contributed by atoms with Crippen molar-refractivity contribution in [1.29, 1.82) is 0 Å². The number of alkyl halides is 1. The van der Waals surface area contributed by atoms with Gasteiger partial charge in [0, 0.05) is 18.8 Å². The van der Waals surface area contributed by atoms with Gasteiger partial charge < -0.3 is 4.74 Å². The number of esters is 1. The van der Waals surface area contributed by atoms with E-state index in [0.29, 0.717) is 30.6 Å². The Kier molecular flexibility index (Phi) is 4.61. The van der Waals surface area contributed by atoms with Gasteiger partial charge in [-0.3, -0.25) is 14.4 Å². The summed E-state index contributed by atoms with van der Waals surface area (Å²) in [5.74, 6) is 0.976. The van der Waals surface area contributed by atoms with Gasteiger partial charge in [0.2, 0.25) is 0 Å². The number of halogens is 1.